The van der Waals surface area contributed by atoms with Gasteiger partial charge in [-0.2, -0.15) is 0 Å². The molecule has 0 N–H and O–H groups in total. The van der Waals surface area contributed by atoms with Crippen LogP contribution in [0.25, 0.3) is 0 Å². The van der Waals surface area contributed by atoms with E-state index in [1.165, 1.54) is 0 Å². The molecule has 1 rings (SSSR count). The van der Waals surface area contributed by atoms with E-state index in [9.17, 15) is 0 Å². The van der Waals surface area contributed by atoms with Crippen LogP contribution >= 0.6 is 0 Å². The number of hydrogen-bond acceptors (Lipinski definition) is 3. The summed E-state index contributed by atoms with van der Waals surface area (Å²) in [6.45, 7) is 16.7. The van der Waals surface area contributed by atoms with Crippen LogP contribution in [-0.2, 0) is 15.8 Å². The molecule has 156 valence electrons. The van der Waals surface area contributed by atoms with Gasteiger partial charge in [-0.25, -0.2) is 0 Å². The molecule has 0 spiro atoms. The Bertz CT molecular complexity index is 661. The van der Waals surface area contributed by atoms with Gasteiger partial charge in [-0.05, 0) is 35.8 Å². The second-order valence-electron chi connectivity index (χ2n) is 9.45. The van der Waals surface area contributed by atoms with Crippen LogP contribution in [0.3, 0.4) is 0 Å². The van der Waals surface area contributed by atoms with Gasteiger partial charge < -0.3 is 13.9 Å². The number of rotatable bonds is 10. The molecule has 0 aliphatic heterocycles. The van der Waals surface area contributed by atoms with E-state index in [-0.39, 0.29) is 16.6 Å². The van der Waals surface area contributed by atoms with Crippen LogP contribution < -0.4 is 4.74 Å². The molecule has 4 heteroatoms. The van der Waals surface area contributed by atoms with Gasteiger partial charge in [0.1, 0.15) is 5.75 Å². The maximum absolute atomic E-state index is 6.25. The lowest BCUT2D eigenvalue weighted by atomic mass is 9.83. The van der Waals surface area contributed by atoms with Crippen molar-refractivity contribution in [2.24, 2.45) is 5.41 Å². The molecule has 0 heterocycles. The first-order chi connectivity index (χ1) is 12.9. The predicted molar refractivity (Wildman–Crippen MR) is 121 cm³/mol. The SMILES string of the molecule is C#CCC(C)(C)C(/C=C/CO[Si](C)(C)C(C)(C)C)OCc1ccc(OC)cc1. The Morgan fingerprint density at radius 2 is 1.71 bits per heavy atom. The topological polar surface area (TPSA) is 27.7 Å². The molecular formula is C24H38O3Si. The third-order valence-electron chi connectivity index (χ3n) is 5.57. The van der Waals surface area contributed by atoms with Crippen molar-refractivity contribution < 1.29 is 13.9 Å². The number of ether oxygens (including phenoxy) is 2. The van der Waals surface area contributed by atoms with Crippen LogP contribution in [0, 0.1) is 17.8 Å². The van der Waals surface area contributed by atoms with Crippen molar-refractivity contribution in [2.45, 2.75) is 71.9 Å². The van der Waals surface area contributed by atoms with Crippen molar-refractivity contribution in [3.8, 4) is 18.1 Å². The van der Waals surface area contributed by atoms with E-state index in [1.54, 1.807) is 7.11 Å². The zero-order chi connectivity index (χ0) is 21.4. The first kappa shape index (κ1) is 24.5. The number of methoxy groups -OCH3 is 1. The second kappa shape index (κ2) is 10.3. The van der Waals surface area contributed by atoms with Gasteiger partial charge in [-0.1, -0.05) is 58.9 Å². The Morgan fingerprint density at radius 3 is 2.21 bits per heavy atom. The van der Waals surface area contributed by atoms with Gasteiger partial charge in [0.25, 0.3) is 0 Å². The zero-order valence-electron chi connectivity index (χ0n) is 19.0. The summed E-state index contributed by atoms with van der Waals surface area (Å²) in [5.74, 6) is 3.62. The summed E-state index contributed by atoms with van der Waals surface area (Å²) in [7, 11) is -0.0873. The first-order valence-electron chi connectivity index (χ1n) is 9.91. The number of hydrogen-bond donors (Lipinski definition) is 0. The monoisotopic (exact) mass is 402 g/mol. The van der Waals surface area contributed by atoms with Crippen LogP contribution in [0.4, 0.5) is 0 Å². The van der Waals surface area contributed by atoms with Gasteiger partial charge in [-0.3, -0.25) is 0 Å². The Labute approximate surface area is 173 Å². The highest BCUT2D eigenvalue weighted by atomic mass is 28.4. The quantitative estimate of drug-likeness (QED) is 0.265. The summed E-state index contributed by atoms with van der Waals surface area (Å²) in [4.78, 5) is 0. The maximum atomic E-state index is 6.25. The van der Waals surface area contributed by atoms with Crippen molar-refractivity contribution in [3.05, 3.63) is 42.0 Å². The summed E-state index contributed by atoms with van der Waals surface area (Å²) in [6, 6.07) is 7.94. The van der Waals surface area contributed by atoms with Crippen LogP contribution in [0.15, 0.2) is 36.4 Å². The van der Waals surface area contributed by atoms with Gasteiger partial charge in [0.2, 0.25) is 0 Å². The minimum absolute atomic E-state index is 0.0892. The Kier molecular flexibility index (Phi) is 9.01. The molecule has 28 heavy (non-hydrogen) atoms. The van der Waals surface area contributed by atoms with Gasteiger partial charge in [0.05, 0.1) is 26.4 Å². The second-order valence-corrected chi connectivity index (χ2v) is 14.3. The summed E-state index contributed by atoms with van der Waals surface area (Å²) < 4.78 is 17.7. The van der Waals surface area contributed by atoms with E-state index in [2.05, 4.69) is 65.8 Å². The van der Waals surface area contributed by atoms with E-state index >= 15 is 0 Å². The average Bonchev–Trinajstić information content (AvgIpc) is 2.60. The summed E-state index contributed by atoms with van der Waals surface area (Å²) in [5, 5.41) is 0.202. The molecule has 0 fully saturated rings. The van der Waals surface area contributed by atoms with Crippen LogP contribution in [0.1, 0.15) is 46.6 Å². The summed E-state index contributed by atoms with van der Waals surface area (Å²) in [6.07, 6.45) is 10.3. The fourth-order valence-electron chi connectivity index (χ4n) is 2.47. The van der Waals surface area contributed by atoms with Gasteiger partial charge in [0.15, 0.2) is 8.32 Å². The Balaban J connectivity index is 2.78. The molecule has 0 bridgehead atoms. The van der Waals surface area contributed by atoms with Crippen molar-refractivity contribution in [1.29, 1.82) is 0 Å². The normalized spacial score (nSPS) is 14.1. The van der Waals surface area contributed by atoms with E-state index in [4.69, 9.17) is 20.3 Å². The fraction of sp³-hybridized carbons (Fsp3) is 0.583. The Hall–Kier alpha value is -1.54. The third kappa shape index (κ3) is 7.47. The lowest BCUT2D eigenvalue weighted by Gasteiger charge is -2.36. The molecular weight excluding hydrogens is 364 g/mol. The molecule has 0 amide bonds. The van der Waals surface area contributed by atoms with Crippen LogP contribution in [0.2, 0.25) is 18.1 Å². The summed E-state index contributed by atoms with van der Waals surface area (Å²) in [5.41, 5.74) is 0.947. The van der Waals surface area contributed by atoms with Crippen LogP contribution in [-0.4, -0.2) is 28.1 Å². The van der Waals surface area contributed by atoms with E-state index in [0.717, 1.165) is 11.3 Å². The smallest absolute Gasteiger partial charge is 0.192 e. The fourth-order valence-corrected chi connectivity index (χ4v) is 3.41. The zero-order valence-corrected chi connectivity index (χ0v) is 20.0. The highest BCUT2D eigenvalue weighted by molar-refractivity contribution is 6.74. The number of benzene rings is 1. The minimum Gasteiger partial charge on any atom is -0.497 e. The minimum atomic E-state index is -1.75. The maximum Gasteiger partial charge on any atom is 0.192 e. The Morgan fingerprint density at radius 1 is 1.11 bits per heavy atom. The van der Waals surface area contributed by atoms with E-state index in [0.29, 0.717) is 19.6 Å². The molecule has 1 unspecified atom stereocenters. The van der Waals surface area contributed by atoms with E-state index < -0.39 is 8.32 Å². The van der Waals surface area contributed by atoms with Crippen molar-refractivity contribution in [3.63, 3.8) is 0 Å². The van der Waals surface area contributed by atoms with Crippen LogP contribution in [0.5, 0.6) is 5.75 Å². The highest BCUT2D eigenvalue weighted by Gasteiger charge is 2.36. The molecule has 1 atom stereocenters. The highest BCUT2D eigenvalue weighted by Crippen LogP contribution is 2.36. The number of terminal acetylenes is 1. The van der Waals surface area contributed by atoms with Crippen molar-refractivity contribution in [2.75, 3.05) is 13.7 Å². The van der Waals surface area contributed by atoms with Gasteiger partial charge in [0, 0.05) is 11.8 Å². The van der Waals surface area contributed by atoms with Crippen molar-refractivity contribution >= 4 is 8.32 Å². The molecule has 0 saturated heterocycles. The molecule has 0 aliphatic carbocycles. The third-order valence-corrected chi connectivity index (χ3v) is 10.1. The van der Waals surface area contributed by atoms with Gasteiger partial charge >= 0.3 is 0 Å². The summed E-state index contributed by atoms with van der Waals surface area (Å²) >= 11 is 0. The molecule has 3 nitrogen and oxygen atoms in total. The molecule has 1 aromatic carbocycles. The standard InChI is InChI=1S/C24H38O3Si/c1-10-17-24(5,6)22(12-11-18-27-28(8,9)23(2,3)4)26-19-20-13-15-21(25-7)16-14-20/h1,11-16,22H,17-19H2,2-9H3/b12-11+. The van der Waals surface area contributed by atoms with Gasteiger partial charge in [-0.15, -0.1) is 12.3 Å². The first-order valence-corrected chi connectivity index (χ1v) is 12.8. The largest absolute Gasteiger partial charge is 0.497 e. The average molecular weight is 403 g/mol. The molecule has 0 saturated carbocycles. The molecule has 0 radical (unpaired) electrons. The molecule has 1 aromatic rings. The lowest BCUT2D eigenvalue weighted by molar-refractivity contribution is -0.00213. The predicted octanol–water partition coefficient (Wildman–Crippen LogP) is 6.21. The molecule has 0 aromatic heterocycles. The molecule has 0 aliphatic rings. The van der Waals surface area contributed by atoms with E-state index in [1.807, 2.05) is 24.3 Å². The van der Waals surface area contributed by atoms with Crippen molar-refractivity contribution in [1.82, 2.24) is 0 Å². The lowest BCUT2D eigenvalue weighted by Crippen LogP contribution is -2.40.